The van der Waals surface area contributed by atoms with Crippen molar-refractivity contribution in [2.45, 2.75) is 39.3 Å². The Morgan fingerprint density at radius 3 is 2.58 bits per heavy atom. The lowest BCUT2D eigenvalue weighted by Gasteiger charge is -2.11. The van der Waals surface area contributed by atoms with Gasteiger partial charge in [-0.1, -0.05) is 0 Å². The zero-order chi connectivity index (χ0) is 14.6. The third-order valence-electron chi connectivity index (χ3n) is 3.10. The highest BCUT2D eigenvalue weighted by atomic mass is 16.4. The summed E-state index contributed by atoms with van der Waals surface area (Å²) in [6.45, 7) is 4.15. The second-order valence-electron chi connectivity index (χ2n) is 4.53. The van der Waals surface area contributed by atoms with E-state index in [9.17, 15) is 9.59 Å². The first kappa shape index (κ1) is 15.2. The number of nitrogens with zero attached hydrogens (tertiary/aromatic N) is 2. The van der Waals surface area contributed by atoms with Crippen LogP contribution in [0.3, 0.4) is 0 Å². The topological polar surface area (TPSA) is 110 Å². The Morgan fingerprint density at radius 2 is 2.11 bits per heavy atom. The van der Waals surface area contributed by atoms with Crippen LogP contribution in [0.1, 0.15) is 29.8 Å². The molecule has 1 atom stereocenters. The Labute approximate surface area is 111 Å². The van der Waals surface area contributed by atoms with Crippen LogP contribution in [-0.2, 0) is 23.2 Å². The average molecular weight is 268 g/mol. The summed E-state index contributed by atoms with van der Waals surface area (Å²) in [6.07, 6.45) is 0.0195. The number of nitrogens with two attached hydrogens (primary N) is 1. The molecule has 0 fully saturated rings. The minimum absolute atomic E-state index is 0.112. The van der Waals surface area contributed by atoms with Crippen molar-refractivity contribution in [3.63, 3.8) is 0 Å². The zero-order valence-corrected chi connectivity index (χ0v) is 11.4. The number of hydrogen-bond donors (Lipinski definition) is 3. The Balaban J connectivity index is 2.52. The highest BCUT2D eigenvalue weighted by molar-refractivity contribution is 5.82. The molecule has 1 unspecified atom stereocenters. The SMILES string of the molecule is Cc1nn(C)c(C)c1CNC(=O)C(N)CCC(=O)O. The van der Waals surface area contributed by atoms with Gasteiger partial charge < -0.3 is 16.2 Å². The summed E-state index contributed by atoms with van der Waals surface area (Å²) >= 11 is 0. The summed E-state index contributed by atoms with van der Waals surface area (Å²) in [5.74, 6) is -1.30. The predicted octanol–water partition coefficient (Wildman–Crippen LogP) is -0.155. The molecule has 0 saturated heterocycles. The Morgan fingerprint density at radius 1 is 1.47 bits per heavy atom. The van der Waals surface area contributed by atoms with E-state index in [1.54, 1.807) is 4.68 Å². The summed E-state index contributed by atoms with van der Waals surface area (Å²) in [5, 5.41) is 15.5. The molecule has 0 aliphatic heterocycles. The van der Waals surface area contributed by atoms with Crippen LogP contribution >= 0.6 is 0 Å². The largest absolute Gasteiger partial charge is 0.481 e. The van der Waals surface area contributed by atoms with Crippen molar-refractivity contribution >= 4 is 11.9 Å². The van der Waals surface area contributed by atoms with Crippen LogP contribution in [0.5, 0.6) is 0 Å². The normalized spacial score (nSPS) is 12.2. The number of amides is 1. The highest BCUT2D eigenvalue weighted by Gasteiger charge is 2.16. The lowest BCUT2D eigenvalue weighted by molar-refractivity contribution is -0.137. The Kier molecular flexibility index (Phi) is 5.05. The lowest BCUT2D eigenvalue weighted by atomic mass is 10.1. The van der Waals surface area contributed by atoms with E-state index < -0.39 is 12.0 Å². The van der Waals surface area contributed by atoms with Crippen LogP contribution in [0.2, 0.25) is 0 Å². The molecule has 1 amide bonds. The van der Waals surface area contributed by atoms with Gasteiger partial charge in [0.15, 0.2) is 0 Å². The molecule has 1 rings (SSSR count). The molecule has 106 valence electrons. The van der Waals surface area contributed by atoms with E-state index in [1.165, 1.54) is 0 Å². The van der Waals surface area contributed by atoms with Crippen LogP contribution in [0.25, 0.3) is 0 Å². The summed E-state index contributed by atoms with van der Waals surface area (Å²) in [5.41, 5.74) is 8.42. The van der Waals surface area contributed by atoms with Gasteiger partial charge in [-0.15, -0.1) is 0 Å². The minimum atomic E-state index is -0.956. The maximum atomic E-state index is 11.7. The number of rotatable bonds is 6. The number of aryl methyl sites for hydroxylation is 2. The van der Waals surface area contributed by atoms with Crippen molar-refractivity contribution in [3.05, 3.63) is 17.0 Å². The molecule has 1 aromatic rings. The molecule has 4 N–H and O–H groups in total. The minimum Gasteiger partial charge on any atom is -0.481 e. The molecule has 1 aromatic heterocycles. The molecular formula is C12H20N4O3. The van der Waals surface area contributed by atoms with E-state index >= 15 is 0 Å². The first-order valence-electron chi connectivity index (χ1n) is 6.07. The smallest absolute Gasteiger partial charge is 0.303 e. The molecule has 1 heterocycles. The first-order valence-corrected chi connectivity index (χ1v) is 6.07. The quantitative estimate of drug-likeness (QED) is 0.664. The number of aliphatic carboxylic acids is 1. The number of hydrogen-bond acceptors (Lipinski definition) is 4. The molecule has 0 aliphatic rings. The first-order chi connectivity index (χ1) is 8.82. The van der Waals surface area contributed by atoms with Crippen molar-refractivity contribution in [2.75, 3.05) is 0 Å². The van der Waals surface area contributed by atoms with E-state index in [0.717, 1.165) is 17.0 Å². The van der Waals surface area contributed by atoms with Gasteiger partial charge in [0.25, 0.3) is 0 Å². The molecule has 19 heavy (non-hydrogen) atoms. The highest BCUT2D eigenvalue weighted by Crippen LogP contribution is 2.11. The lowest BCUT2D eigenvalue weighted by Crippen LogP contribution is -2.40. The molecule has 0 saturated carbocycles. The Hall–Kier alpha value is -1.89. The third kappa shape index (κ3) is 4.06. The maximum absolute atomic E-state index is 11.7. The van der Waals surface area contributed by atoms with Gasteiger partial charge in [0, 0.05) is 31.3 Å². The number of carbonyl (C=O) groups excluding carboxylic acids is 1. The monoisotopic (exact) mass is 268 g/mol. The number of nitrogens with one attached hydrogen (secondary N) is 1. The summed E-state index contributed by atoms with van der Waals surface area (Å²) in [4.78, 5) is 22.1. The summed E-state index contributed by atoms with van der Waals surface area (Å²) in [7, 11) is 1.84. The number of carbonyl (C=O) groups is 2. The second-order valence-corrected chi connectivity index (χ2v) is 4.53. The molecule has 7 heteroatoms. The van der Waals surface area contributed by atoms with Crippen LogP contribution in [-0.4, -0.2) is 32.8 Å². The van der Waals surface area contributed by atoms with Crippen LogP contribution in [0.15, 0.2) is 0 Å². The fraction of sp³-hybridized carbons (Fsp3) is 0.583. The van der Waals surface area contributed by atoms with Gasteiger partial charge in [0.05, 0.1) is 11.7 Å². The predicted molar refractivity (Wildman–Crippen MR) is 69.4 cm³/mol. The van der Waals surface area contributed by atoms with Gasteiger partial charge in [0.2, 0.25) is 5.91 Å². The third-order valence-corrected chi connectivity index (χ3v) is 3.10. The van der Waals surface area contributed by atoms with Crippen LogP contribution < -0.4 is 11.1 Å². The Bertz CT molecular complexity index is 482. The van der Waals surface area contributed by atoms with Gasteiger partial charge in [-0.05, 0) is 20.3 Å². The fourth-order valence-corrected chi connectivity index (χ4v) is 1.79. The van der Waals surface area contributed by atoms with Crippen molar-refractivity contribution in [2.24, 2.45) is 12.8 Å². The molecule has 0 aliphatic carbocycles. The fourth-order valence-electron chi connectivity index (χ4n) is 1.79. The van der Waals surface area contributed by atoms with E-state index in [-0.39, 0.29) is 18.7 Å². The van der Waals surface area contributed by atoms with Crippen molar-refractivity contribution in [3.8, 4) is 0 Å². The van der Waals surface area contributed by atoms with Crippen molar-refractivity contribution in [1.29, 1.82) is 0 Å². The van der Waals surface area contributed by atoms with Crippen LogP contribution in [0, 0.1) is 13.8 Å². The van der Waals surface area contributed by atoms with Gasteiger partial charge in [0.1, 0.15) is 0 Å². The van der Waals surface area contributed by atoms with Gasteiger partial charge in [-0.2, -0.15) is 5.10 Å². The molecule has 0 radical (unpaired) electrons. The summed E-state index contributed by atoms with van der Waals surface area (Å²) in [6, 6.07) is -0.798. The van der Waals surface area contributed by atoms with E-state index in [0.29, 0.717) is 6.54 Å². The van der Waals surface area contributed by atoms with Gasteiger partial charge in [-0.25, -0.2) is 0 Å². The number of carboxylic acids is 1. The van der Waals surface area contributed by atoms with Crippen molar-refractivity contribution < 1.29 is 14.7 Å². The molecule has 0 spiro atoms. The van der Waals surface area contributed by atoms with Crippen LogP contribution in [0.4, 0.5) is 0 Å². The molecular weight excluding hydrogens is 248 g/mol. The number of aromatic nitrogens is 2. The van der Waals surface area contributed by atoms with Gasteiger partial charge >= 0.3 is 5.97 Å². The van der Waals surface area contributed by atoms with Gasteiger partial charge in [-0.3, -0.25) is 14.3 Å². The summed E-state index contributed by atoms with van der Waals surface area (Å²) < 4.78 is 1.75. The molecule has 0 aromatic carbocycles. The second kappa shape index (κ2) is 6.33. The molecule has 0 bridgehead atoms. The standard InChI is InChI=1S/C12H20N4O3/c1-7-9(8(2)16(3)15-7)6-14-12(19)10(13)4-5-11(17)18/h10H,4-6,13H2,1-3H3,(H,14,19)(H,17,18). The zero-order valence-electron chi connectivity index (χ0n) is 11.4. The molecule has 7 nitrogen and oxygen atoms in total. The van der Waals surface area contributed by atoms with E-state index in [2.05, 4.69) is 10.4 Å². The van der Waals surface area contributed by atoms with E-state index in [1.807, 2.05) is 20.9 Å². The van der Waals surface area contributed by atoms with E-state index in [4.69, 9.17) is 10.8 Å². The average Bonchev–Trinajstić information content (AvgIpc) is 2.58. The number of carboxylic acid groups (broad SMARTS) is 1. The van der Waals surface area contributed by atoms with Crippen molar-refractivity contribution in [1.82, 2.24) is 15.1 Å². The maximum Gasteiger partial charge on any atom is 0.303 e.